The molecule has 0 unspecified atom stereocenters. The third-order valence-corrected chi connectivity index (χ3v) is 5.74. The van der Waals surface area contributed by atoms with Gasteiger partial charge in [0.05, 0.1) is 16.0 Å². The Bertz CT molecular complexity index is 1400. The number of nitrogens with zero attached hydrogens (tertiary/aromatic N) is 2. The van der Waals surface area contributed by atoms with Crippen LogP contribution in [-0.4, -0.2) is 20.9 Å². The number of nitrogens with one attached hydrogen (secondary N) is 1. The minimum atomic E-state index is -0.577. The van der Waals surface area contributed by atoms with Crippen molar-refractivity contribution >= 4 is 29.1 Å². The Balaban J connectivity index is 1.83. The minimum Gasteiger partial charge on any atom is -0.507 e. The molecule has 0 aliphatic rings. The molecule has 1 heterocycles. The number of amides is 1. The van der Waals surface area contributed by atoms with Gasteiger partial charge in [-0.1, -0.05) is 61.3 Å². The molecule has 9 heteroatoms. The lowest BCUT2D eigenvalue weighted by atomic mass is 9.98. The molecule has 0 bridgehead atoms. The second-order valence-corrected chi connectivity index (χ2v) is 8.24. The molecule has 1 aromatic heterocycles. The van der Waals surface area contributed by atoms with Gasteiger partial charge >= 0.3 is 0 Å². The Labute approximate surface area is 206 Å². The number of halogens is 1. The lowest BCUT2D eigenvalue weighted by Gasteiger charge is -2.09. The number of non-ortho nitro benzene ring substituents is 1. The number of aromatic hydroxyl groups is 1. The monoisotopic (exact) mass is 491 g/mol. The Morgan fingerprint density at radius 2 is 1.74 bits per heavy atom. The molecule has 8 nitrogen and oxygen atoms in total. The number of nitro groups is 1. The second-order valence-electron chi connectivity index (χ2n) is 7.83. The summed E-state index contributed by atoms with van der Waals surface area (Å²) in [6, 6.07) is 18.0. The van der Waals surface area contributed by atoms with Gasteiger partial charge in [-0.25, -0.2) is 4.98 Å². The minimum absolute atomic E-state index is 0.164. The van der Waals surface area contributed by atoms with Crippen molar-refractivity contribution in [2.75, 3.05) is 5.32 Å². The van der Waals surface area contributed by atoms with Crippen LogP contribution >= 0.6 is 11.6 Å². The van der Waals surface area contributed by atoms with Gasteiger partial charge in [0.25, 0.3) is 5.69 Å². The zero-order valence-corrected chi connectivity index (χ0v) is 19.6. The van der Waals surface area contributed by atoms with E-state index in [1.807, 2.05) is 6.92 Å². The highest BCUT2D eigenvalue weighted by molar-refractivity contribution is 6.33. The number of hydrogen-bond donors (Lipinski definition) is 2. The lowest BCUT2D eigenvalue weighted by Crippen LogP contribution is -2.11. The number of carbonyl (C=O) groups excluding carboxylic acids is 1. The quantitative estimate of drug-likeness (QED) is 0.201. The van der Waals surface area contributed by atoms with Crippen molar-refractivity contribution in [2.24, 2.45) is 0 Å². The van der Waals surface area contributed by atoms with Gasteiger partial charge in [-0.05, 0) is 30.2 Å². The lowest BCUT2D eigenvalue weighted by molar-refractivity contribution is -0.384. The van der Waals surface area contributed by atoms with E-state index in [-0.39, 0.29) is 29.1 Å². The Hall–Kier alpha value is -4.17. The van der Waals surface area contributed by atoms with Crippen LogP contribution < -0.4 is 5.32 Å². The van der Waals surface area contributed by atoms with Crippen molar-refractivity contribution in [2.45, 2.75) is 26.2 Å². The molecule has 4 aromatic rings. The zero-order valence-electron chi connectivity index (χ0n) is 18.8. The van der Waals surface area contributed by atoms with E-state index in [0.717, 1.165) is 18.9 Å². The third-order valence-electron chi connectivity index (χ3n) is 5.41. The number of rotatable bonds is 8. The van der Waals surface area contributed by atoms with Crippen LogP contribution in [-0.2, 0) is 4.79 Å². The van der Waals surface area contributed by atoms with Gasteiger partial charge in [-0.3, -0.25) is 20.2 Å². The fourth-order valence-electron chi connectivity index (χ4n) is 3.65. The molecule has 0 saturated heterocycles. The maximum Gasteiger partial charge on any atom is 0.273 e. The van der Waals surface area contributed by atoms with Gasteiger partial charge < -0.3 is 9.52 Å². The molecule has 0 aliphatic heterocycles. The van der Waals surface area contributed by atoms with Crippen molar-refractivity contribution in [3.8, 4) is 39.6 Å². The fourth-order valence-corrected chi connectivity index (χ4v) is 3.87. The van der Waals surface area contributed by atoms with Crippen molar-refractivity contribution in [3.05, 3.63) is 81.9 Å². The number of nitro benzene ring substituents is 1. The van der Waals surface area contributed by atoms with E-state index in [1.54, 1.807) is 48.5 Å². The molecule has 0 aliphatic carbocycles. The van der Waals surface area contributed by atoms with Crippen molar-refractivity contribution in [1.82, 2.24) is 4.98 Å². The van der Waals surface area contributed by atoms with E-state index < -0.39 is 4.92 Å². The Kier molecular flexibility index (Phi) is 7.12. The number of hydrogen-bond acceptors (Lipinski definition) is 6. The fraction of sp³-hybridized carbons (Fsp3) is 0.154. The van der Waals surface area contributed by atoms with E-state index in [2.05, 4.69) is 10.3 Å². The normalized spacial score (nSPS) is 10.8. The molecule has 0 saturated carbocycles. The number of oxazole rings is 1. The van der Waals surface area contributed by atoms with E-state index >= 15 is 0 Å². The number of phenolic OH excluding ortho intramolecular Hbond substituents is 1. The smallest absolute Gasteiger partial charge is 0.273 e. The van der Waals surface area contributed by atoms with Crippen molar-refractivity contribution in [1.29, 1.82) is 0 Å². The number of anilines is 1. The molecular weight excluding hydrogens is 470 g/mol. The molecule has 0 spiro atoms. The molecule has 0 radical (unpaired) electrons. The number of phenols is 1. The highest BCUT2D eigenvalue weighted by Crippen LogP contribution is 2.41. The van der Waals surface area contributed by atoms with Gasteiger partial charge in [0, 0.05) is 29.2 Å². The standard InChI is InChI=1S/C26H22ClN3O5/c1-2-3-12-23(32)28-26-24(20-10-6-7-11-21(20)27)29-25(35-26)19-9-5-4-8-17(19)18-14-13-16(30(33)34)15-22(18)31/h4-11,13-15,31H,2-3,12H2,1H3,(H,28,32). The van der Waals surface area contributed by atoms with Crippen LogP contribution in [0.2, 0.25) is 5.02 Å². The van der Waals surface area contributed by atoms with E-state index in [1.165, 1.54) is 12.1 Å². The van der Waals surface area contributed by atoms with Crippen LogP contribution in [0.15, 0.2) is 71.1 Å². The summed E-state index contributed by atoms with van der Waals surface area (Å²) in [5.41, 5.74) is 2.19. The average molecular weight is 492 g/mol. The zero-order chi connectivity index (χ0) is 24.9. The third kappa shape index (κ3) is 5.17. The maximum absolute atomic E-state index is 12.5. The second kappa shape index (κ2) is 10.4. The Morgan fingerprint density at radius 1 is 1.06 bits per heavy atom. The van der Waals surface area contributed by atoms with Crippen molar-refractivity contribution < 1.29 is 19.2 Å². The van der Waals surface area contributed by atoms with Crippen molar-refractivity contribution in [3.63, 3.8) is 0 Å². The van der Waals surface area contributed by atoms with Gasteiger partial charge in [0.2, 0.25) is 17.7 Å². The summed E-state index contributed by atoms with van der Waals surface area (Å²) in [6.07, 6.45) is 1.94. The molecular formula is C26H22ClN3O5. The van der Waals surface area contributed by atoms with Crippen LogP contribution in [0.5, 0.6) is 5.75 Å². The topological polar surface area (TPSA) is 118 Å². The Morgan fingerprint density at radius 3 is 2.40 bits per heavy atom. The van der Waals surface area contributed by atoms with Gasteiger partial charge in [-0.2, -0.15) is 0 Å². The molecule has 3 aromatic carbocycles. The van der Waals surface area contributed by atoms with Crippen LogP contribution in [0.4, 0.5) is 11.6 Å². The summed E-state index contributed by atoms with van der Waals surface area (Å²) in [6.45, 7) is 2.00. The molecule has 0 atom stereocenters. The first-order valence-corrected chi connectivity index (χ1v) is 11.4. The summed E-state index contributed by atoms with van der Waals surface area (Å²) in [7, 11) is 0. The predicted octanol–water partition coefficient (Wildman–Crippen LogP) is 7.07. The molecule has 1 amide bonds. The van der Waals surface area contributed by atoms with Gasteiger partial charge in [0.15, 0.2) is 0 Å². The molecule has 0 fully saturated rings. The average Bonchev–Trinajstić information content (AvgIpc) is 3.26. The first-order valence-electron chi connectivity index (χ1n) is 11.0. The molecule has 35 heavy (non-hydrogen) atoms. The number of unbranched alkanes of at least 4 members (excludes halogenated alkanes) is 1. The van der Waals surface area contributed by atoms with E-state index in [0.29, 0.717) is 39.4 Å². The highest BCUT2D eigenvalue weighted by Gasteiger charge is 2.23. The largest absolute Gasteiger partial charge is 0.507 e. The molecule has 178 valence electrons. The predicted molar refractivity (Wildman–Crippen MR) is 134 cm³/mol. The summed E-state index contributed by atoms with van der Waals surface area (Å²) in [5, 5.41) is 24.8. The van der Waals surface area contributed by atoms with Crippen LogP contribution in [0.25, 0.3) is 33.8 Å². The highest BCUT2D eigenvalue weighted by atomic mass is 35.5. The number of carbonyl (C=O) groups is 1. The summed E-state index contributed by atoms with van der Waals surface area (Å²) in [5.74, 6) is -0.0993. The van der Waals surface area contributed by atoms with Gasteiger partial charge in [-0.15, -0.1) is 0 Å². The van der Waals surface area contributed by atoms with Gasteiger partial charge in [0.1, 0.15) is 11.4 Å². The summed E-state index contributed by atoms with van der Waals surface area (Å²) in [4.78, 5) is 27.6. The number of aromatic nitrogens is 1. The molecule has 2 N–H and O–H groups in total. The van der Waals surface area contributed by atoms with Crippen LogP contribution in [0.3, 0.4) is 0 Å². The first kappa shape index (κ1) is 24.0. The maximum atomic E-state index is 12.5. The number of benzene rings is 3. The van der Waals surface area contributed by atoms with E-state index in [9.17, 15) is 20.0 Å². The SMILES string of the molecule is CCCCC(=O)Nc1oc(-c2ccccc2-c2ccc([N+](=O)[O-])cc2O)nc1-c1ccccc1Cl. The summed E-state index contributed by atoms with van der Waals surface area (Å²) >= 11 is 6.41. The summed E-state index contributed by atoms with van der Waals surface area (Å²) < 4.78 is 6.03. The molecule has 4 rings (SSSR count). The van der Waals surface area contributed by atoms with Crippen LogP contribution in [0, 0.1) is 10.1 Å². The van der Waals surface area contributed by atoms with E-state index in [4.69, 9.17) is 16.0 Å². The van der Waals surface area contributed by atoms with Crippen LogP contribution in [0.1, 0.15) is 26.2 Å². The first-order chi connectivity index (χ1) is 16.9.